The third-order valence-corrected chi connectivity index (χ3v) is 3.69. The molecule has 2 heterocycles. The number of benzene rings is 1. The number of pyridine rings is 1. The van der Waals surface area contributed by atoms with Crippen LogP contribution >= 0.6 is 0 Å². The fourth-order valence-corrected chi connectivity index (χ4v) is 2.43. The molecular weight excluding hydrogens is 306 g/mol. The Bertz CT molecular complexity index is 665. The van der Waals surface area contributed by atoms with Crippen LogP contribution in [-0.2, 0) is 9.53 Å². The summed E-state index contributed by atoms with van der Waals surface area (Å²) in [5, 5.41) is 6.09. The van der Waals surface area contributed by atoms with Crippen molar-refractivity contribution < 1.29 is 14.3 Å². The minimum absolute atomic E-state index is 0.0630. The molecule has 1 saturated heterocycles. The van der Waals surface area contributed by atoms with Gasteiger partial charge in [0.15, 0.2) is 0 Å². The highest BCUT2D eigenvalue weighted by Crippen LogP contribution is 2.20. The molecule has 6 nitrogen and oxygen atoms in total. The van der Waals surface area contributed by atoms with Crippen molar-refractivity contribution >= 4 is 11.6 Å². The van der Waals surface area contributed by atoms with Gasteiger partial charge in [0.1, 0.15) is 5.75 Å². The molecule has 1 aromatic carbocycles. The number of carbonyl (C=O) groups excluding carboxylic acids is 1. The van der Waals surface area contributed by atoms with Gasteiger partial charge in [-0.2, -0.15) is 0 Å². The lowest BCUT2D eigenvalue weighted by molar-refractivity contribution is -0.117. The van der Waals surface area contributed by atoms with Gasteiger partial charge in [0.25, 0.3) is 0 Å². The maximum Gasteiger partial charge on any atom is 0.226 e. The third kappa shape index (κ3) is 4.78. The molecular formula is C18H21N3O3. The number of amides is 1. The first-order chi connectivity index (χ1) is 11.7. The Morgan fingerprint density at radius 3 is 2.83 bits per heavy atom. The predicted octanol–water partition coefficient (Wildman–Crippen LogP) is 2.50. The maximum absolute atomic E-state index is 12.0. The normalized spacial score (nSPS) is 17.3. The number of anilines is 1. The van der Waals surface area contributed by atoms with Crippen LogP contribution in [-0.4, -0.2) is 36.7 Å². The van der Waals surface area contributed by atoms with Gasteiger partial charge in [-0.05, 0) is 25.1 Å². The summed E-state index contributed by atoms with van der Waals surface area (Å²) in [6.07, 6.45) is 1.97. The van der Waals surface area contributed by atoms with Gasteiger partial charge in [-0.25, -0.2) is 4.98 Å². The number of rotatable bonds is 5. The summed E-state index contributed by atoms with van der Waals surface area (Å²) < 4.78 is 11.0. The molecule has 1 aliphatic heterocycles. The highest BCUT2D eigenvalue weighted by Gasteiger charge is 2.16. The summed E-state index contributed by atoms with van der Waals surface area (Å²) in [6, 6.07) is 11.3. The quantitative estimate of drug-likeness (QED) is 0.883. The van der Waals surface area contributed by atoms with Crippen LogP contribution in [0.25, 0.3) is 0 Å². The Kier molecular flexibility index (Phi) is 5.40. The molecule has 1 fully saturated rings. The number of aromatic nitrogens is 1. The molecule has 0 bridgehead atoms. The van der Waals surface area contributed by atoms with Gasteiger partial charge in [-0.1, -0.05) is 17.7 Å². The second-order valence-corrected chi connectivity index (χ2v) is 5.78. The molecule has 0 saturated carbocycles. The van der Waals surface area contributed by atoms with E-state index >= 15 is 0 Å². The number of carbonyl (C=O) groups is 1. The Balaban J connectivity index is 1.52. The van der Waals surface area contributed by atoms with E-state index in [1.165, 1.54) is 5.56 Å². The van der Waals surface area contributed by atoms with Gasteiger partial charge in [-0.15, -0.1) is 0 Å². The molecule has 2 aromatic rings. The number of hydrogen-bond donors (Lipinski definition) is 2. The Hall–Kier alpha value is -2.44. The Labute approximate surface area is 141 Å². The second-order valence-electron chi connectivity index (χ2n) is 5.78. The highest BCUT2D eigenvalue weighted by atomic mass is 16.5. The van der Waals surface area contributed by atoms with Crippen LogP contribution in [0.15, 0.2) is 42.6 Å². The van der Waals surface area contributed by atoms with Crippen molar-refractivity contribution in [1.82, 2.24) is 10.3 Å². The van der Waals surface area contributed by atoms with Crippen molar-refractivity contribution in [3.05, 3.63) is 48.2 Å². The van der Waals surface area contributed by atoms with Crippen LogP contribution in [0.5, 0.6) is 11.6 Å². The predicted molar refractivity (Wildman–Crippen MR) is 91.3 cm³/mol. The van der Waals surface area contributed by atoms with E-state index < -0.39 is 0 Å². The van der Waals surface area contributed by atoms with Crippen LogP contribution in [0.1, 0.15) is 12.0 Å². The minimum Gasteiger partial charge on any atom is -0.439 e. The number of hydrogen-bond acceptors (Lipinski definition) is 5. The van der Waals surface area contributed by atoms with Gasteiger partial charge in [0, 0.05) is 25.1 Å². The monoisotopic (exact) mass is 327 g/mol. The van der Waals surface area contributed by atoms with Crippen molar-refractivity contribution in [2.75, 3.05) is 25.1 Å². The molecule has 0 spiro atoms. The summed E-state index contributed by atoms with van der Waals surface area (Å²) in [5.74, 6) is 1.15. The maximum atomic E-state index is 12.0. The lowest BCUT2D eigenvalue weighted by atomic mass is 10.2. The van der Waals surface area contributed by atoms with E-state index in [9.17, 15) is 4.79 Å². The van der Waals surface area contributed by atoms with Gasteiger partial charge in [0.2, 0.25) is 11.8 Å². The molecule has 3 rings (SSSR count). The lowest BCUT2D eigenvalue weighted by Crippen LogP contribution is -2.43. The van der Waals surface area contributed by atoms with E-state index in [4.69, 9.17) is 9.47 Å². The fourth-order valence-electron chi connectivity index (χ4n) is 2.43. The number of ether oxygens (including phenoxy) is 2. The minimum atomic E-state index is -0.0630. The smallest absolute Gasteiger partial charge is 0.226 e. The van der Waals surface area contributed by atoms with E-state index in [2.05, 4.69) is 15.6 Å². The van der Waals surface area contributed by atoms with Gasteiger partial charge >= 0.3 is 0 Å². The Morgan fingerprint density at radius 2 is 2.17 bits per heavy atom. The van der Waals surface area contributed by atoms with Crippen LogP contribution in [0, 0.1) is 6.92 Å². The van der Waals surface area contributed by atoms with Crippen LogP contribution in [0.4, 0.5) is 5.69 Å². The summed E-state index contributed by atoms with van der Waals surface area (Å²) in [7, 11) is 0. The molecule has 1 amide bonds. The average molecular weight is 327 g/mol. The largest absolute Gasteiger partial charge is 0.439 e. The van der Waals surface area contributed by atoms with Gasteiger partial charge < -0.3 is 20.1 Å². The fraction of sp³-hybridized carbons (Fsp3) is 0.333. The molecule has 126 valence electrons. The van der Waals surface area contributed by atoms with E-state index in [-0.39, 0.29) is 11.9 Å². The van der Waals surface area contributed by atoms with Crippen molar-refractivity contribution in [3.8, 4) is 11.6 Å². The number of aryl methyl sites for hydroxylation is 1. The molecule has 1 unspecified atom stereocenters. The zero-order chi connectivity index (χ0) is 16.8. The standard InChI is InChI=1S/C18H21N3O3/c1-13-2-5-16(6-3-13)24-18-7-4-14(11-20-18)21-17(22)10-15-12-23-9-8-19-15/h2-7,11,15,19H,8-10,12H2,1H3,(H,21,22). The molecule has 0 aliphatic carbocycles. The average Bonchev–Trinajstić information content (AvgIpc) is 2.59. The van der Waals surface area contributed by atoms with Gasteiger partial charge in [0.05, 0.1) is 25.1 Å². The highest BCUT2D eigenvalue weighted by molar-refractivity contribution is 5.90. The zero-order valence-corrected chi connectivity index (χ0v) is 13.6. The lowest BCUT2D eigenvalue weighted by Gasteiger charge is -2.23. The number of morpholine rings is 1. The van der Waals surface area contributed by atoms with Crippen LogP contribution < -0.4 is 15.4 Å². The SMILES string of the molecule is Cc1ccc(Oc2ccc(NC(=O)CC3COCCN3)cn2)cc1. The van der Waals surface area contributed by atoms with Crippen molar-refractivity contribution in [1.29, 1.82) is 0 Å². The van der Waals surface area contributed by atoms with Crippen molar-refractivity contribution in [2.24, 2.45) is 0 Å². The zero-order valence-electron chi connectivity index (χ0n) is 13.6. The first-order valence-electron chi connectivity index (χ1n) is 8.00. The number of nitrogens with zero attached hydrogens (tertiary/aromatic N) is 1. The first kappa shape index (κ1) is 16.4. The molecule has 1 aromatic heterocycles. The number of nitrogens with one attached hydrogen (secondary N) is 2. The Morgan fingerprint density at radius 1 is 1.33 bits per heavy atom. The van der Waals surface area contributed by atoms with Crippen LogP contribution in [0.2, 0.25) is 0 Å². The molecule has 2 N–H and O–H groups in total. The summed E-state index contributed by atoms with van der Waals surface area (Å²) >= 11 is 0. The molecule has 1 aliphatic rings. The van der Waals surface area contributed by atoms with Crippen molar-refractivity contribution in [2.45, 2.75) is 19.4 Å². The van der Waals surface area contributed by atoms with E-state index in [0.717, 1.165) is 12.3 Å². The summed E-state index contributed by atoms with van der Waals surface area (Å²) in [6.45, 7) is 4.07. The molecule has 1 atom stereocenters. The van der Waals surface area contributed by atoms with Crippen molar-refractivity contribution in [3.63, 3.8) is 0 Å². The van der Waals surface area contributed by atoms with E-state index in [0.29, 0.717) is 31.2 Å². The summed E-state index contributed by atoms with van der Waals surface area (Å²) in [4.78, 5) is 16.2. The van der Waals surface area contributed by atoms with Crippen LogP contribution in [0.3, 0.4) is 0 Å². The molecule has 0 radical (unpaired) electrons. The summed E-state index contributed by atoms with van der Waals surface area (Å²) in [5.41, 5.74) is 1.82. The first-order valence-corrected chi connectivity index (χ1v) is 8.00. The second kappa shape index (κ2) is 7.90. The molecule has 6 heteroatoms. The molecule has 24 heavy (non-hydrogen) atoms. The van der Waals surface area contributed by atoms with E-state index in [1.807, 2.05) is 31.2 Å². The third-order valence-electron chi connectivity index (χ3n) is 3.69. The van der Waals surface area contributed by atoms with E-state index in [1.54, 1.807) is 18.3 Å². The topological polar surface area (TPSA) is 72.5 Å². The van der Waals surface area contributed by atoms with Gasteiger partial charge in [-0.3, -0.25) is 4.79 Å².